The fraction of sp³-hybridized carbons (Fsp3) is 0.889. The van der Waals surface area contributed by atoms with E-state index in [4.69, 9.17) is 0 Å². The first-order chi connectivity index (χ1) is 5.56. The molecule has 1 N–H and O–H groups in total. The summed E-state index contributed by atoms with van der Waals surface area (Å²) in [7, 11) is 1.41. The average molecular weight is 173 g/mol. The van der Waals surface area contributed by atoms with E-state index in [0.717, 1.165) is 6.54 Å². The lowest BCUT2D eigenvalue weighted by Crippen LogP contribution is -2.31. The Morgan fingerprint density at radius 2 is 2.00 bits per heavy atom. The molecule has 0 bridgehead atoms. The van der Waals surface area contributed by atoms with Gasteiger partial charge in [-0.05, 0) is 19.4 Å². The summed E-state index contributed by atoms with van der Waals surface area (Å²) in [4.78, 5) is 10.8. The first-order valence-electron chi connectivity index (χ1n) is 4.36. The van der Waals surface area contributed by atoms with Crippen LogP contribution in [0.5, 0.6) is 0 Å². The van der Waals surface area contributed by atoms with Crippen LogP contribution in [0, 0.1) is 5.92 Å². The predicted molar refractivity (Wildman–Crippen MR) is 48.9 cm³/mol. The highest BCUT2D eigenvalue weighted by Gasteiger charge is 2.08. The molecule has 1 atom stereocenters. The van der Waals surface area contributed by atoms with Crippen molar-refractivity contribution in [3.63, 3.8) is 0 Å². The second-order valence-corrected chi connectivity index (χ2v) is 3.48. The SMILES string of the molecule is COC(=O)C[C@@H](C)NCC(C)C. The summed E-state index contributed by atoms with van der Waals surface area (Å²) in [5.74, 6) is 0.462. The van der Waals surface area contributed by atoms with Gasteiger partial charge in [0.2, 0.25) is 0 Å². The zero-order valence-electron chi connectivity index (χ0n) is 8.39. The number of esters is 1. The zero-order valence-corrected chi connectivity index (χ0v) is 8.39. The summed E-state index contributed by atoms with van der Waals surface area (Å²) >= 11 is 0. The molecule has 3 nitrogen and oxygen atoms in total. The molecule has 0 rings (SSSR count). The number of carbonyl (C=O) groups is 1. The van der Waals surface area contributed by atoms with Crippen molar-refractivity contribution in [2.24, 2.45) is 5.92 Å². The van der Waals surface area contributed by atoms with Crippen LogP contribution in [-0.2, 0) is 9.53 Å². The highest BCUT2D eigenvalue weighted by Crippen LogP contribution is 1.95. The molecular formula is C9H19NO2. The molecule has 3 heteroatoms. The number of nitrogens with one attached hydrogen (secondary N) is 1. The van der Waals surface area contributed by atoms with Gasteiger partial charge in [0.05, 0.1) is 13.5 Å². The second kappa shape index (κ2) is 6.00. The Balaban J connectivity index is 3.45. The average Bonchev–Trinajstić information content (AvgIpc) is 2.00. The summed E-state index contributed by atoms with van der Waals surface area (Å²) in [6.07, 6.45) is 0.448. The zero-order chi connectivity index (χ0) is 9.56. The van der Waals surface area contributed by atoms with Crippen LogP contribution in [0.1, 0.15) is 27.2 Å². The van der Waals surface area contributed by atoms with E-state index in [1.165, 1.54) is 7.11 Å². The molecule has 0 saturated heterocycles. The molecule has 0 aliphatic heterocycles. The van der Waals surface area contributed by atoms with Crippen molar-refractivity contribution in [3.8, 4) is 0 Å². The van der Waals surface area contributed by atoms with E-state index in [1.807, 2.05) is 6.92 Å². The molecule has 0 fully saturated rings. The number of hydrogen-bond donors (Lipinski definition) is 1. The first kappa shape index (κ1) is 11.4. The van der Waals surface area contributed by atoms with Crippen LogP contribution in [0.4, 0.5) is 0 Å². The minimum Gasteiger partial charge on any atom is -0.469 e. The smallest absolute Gasteiger partial charge is 0.307 e. The Kier molecular flexibility index (Phi) is 5.72. The molecule has 0 unspecified atom stereocenters. The highest BCUT2D eigenvalue weighted by molar-refractivity contribution is 5.69. The fourth-order valence-electron chi connectivity index (χ4n) is 0.842. The lowest BCUT2D eigenvalue weighted by molar-refractivity contribution is -0.141. The molecule has 0 aromatic carbocycles. The number of methoxy groups -OCH3 is 1. The van der Waals surface area contributed by atoms with E-state index in [1.54, 1.807) is 0 Å². The lowest BCUT2D eigenvalue weighted by atomic mass is 10.2. The third kappa shape index (κ3) is 6.16. The van der Waals surface area contributed by atoms with Crippen LogP contribution in [0.25, 0.3) is 0 Å². The Bertz CT molecular complexity index is 134. The minimum atomic E-state index is -0.154. The van der Waals surface area contributed by atoms with E-state index in [9.17, 15) is 4.79 Å². The molecule has 72 valence electrons. The van der Waals surface area contributed by atoms with Gasteiger partial charge in [0, 0.05) is 6.04 Å². The van der Waals surface area contributed by atoms with Gasteiger partial charge in [-0.1, -0.05) is 13.8 Å². The van der Waals surface area contributed by atoms with Gasteiger partial charge in [0.25, 0.3) is 0 Å². The van der Waals surface area contributed by atoms with Crippen LogP contribution in [-0.4, -0.2) is 25.7 Å². The van der Waals surface area contributed by atoms with Crippen LogP contribution in [0.15, 0.2) is 0 Å². The molecule has 0 aromatic rings. The van der Waals surface area contributed by atoms with Crippen LogP contribution >= 0.6 is 0 Å². The number of hydrogen-bond acceptors (Lipinski definition) is 3. The first-order valence-corrected chi connectivity index (χ1v) is 4.36. The maximum Gasteiger partial charge on any atom is 0.307 e. The largest absolute Gasteiger partial charge is 0.469 e. The molecule has 0 heterocycles. The van der Waals surface area contributed by atoms with Gasteiger partial charge in [-0.3, -0.25) is 4.79 Å². The molecular weight excluding hydrogens is 154 g/mol. The molecule has 12 heavy (non-hydrogen) atoms. The summed E-state index contributed by atoms with van der Waals surface area (Å²) in [6, 6.07) is 0.208. The van der Waals surface area contributed by atoms with E-state index in [2.05, 4.69) is 23.9 Å². The van der Waals surface area contributed by atoms with Gasteiger partial charge in [-0.25, -0.2) is 0 Å². The van der Waals surface area contributed by atoms with Crippen molar-refractivity contribution < 1.29 is 9.53 Å². The van der Waals surface area contributed by atoms with Crippen molar-refractivity contribution in [1.82, 2.24) is 5.32 Å². The van der Waals surface area contributed by atoms with Gasteiger partial charge < -0.3 is 10.1 Å². The van der Waals surface area contributed by atoms with E-state index in [0.29, 0.717) is 12.3 Å². The van der Waals surface area contributed by atoms with Gasteiger partial charge in [-0.15, -0.1) is 0 Å². The van der Waals surface area contributed by atoms with Crippen LogP contribution in [0.3, 0.4) is 0 Å². The minimum absolute atomic E-state index is 0.154. The third-order valence-electron chi connectivity index (χ3n) is 1.58. The van der Waals surface area contributed by atoms with E-state index >= 15 is 0 Å². The molecule has 0 aliphatic carbocycles. The van der Waals surface area contributed by atoms with E-state index < -0.39 is 0 Å². The topological polar surface area (TPSA) is 38.3 Å². The molecule has 0 aliphatic rings. The Morgan fingerprint density at radius 1 is 1.42 bits per heavy atom. The number of carbonyl (C=O) groups excluding carboxylic acids is 1. The molecule has 0 radical (unpaired) electrons. The number of ether oxygens (including phenoxy) is 1. The Labute approximate surface area is 74.5 Å². The molecule has 0 saturated carbocycles. The summed E-state index contributed by atoms with van der Waals surface area (Å²) < 4.78 is 4.55. The third-order valence-corrected chi connectivity index (χ3v) is 1.58. The summed E-state index contributed by atoms with van der Waals surface area (Å²) in [5, 5.41) is 3.25. The van der Waals surface area contributed by atoms with Crippen molar-refractivity contribution in [1.29, 1.82) is 0 Å². The van der Waals surface area contributed by atoms with Crippen molar-refractivity contribution in [3.05, 3.63) is 0 Å². The molecule has 0 amide bonds. The highest BCUT2D eigenvalue weighted by atomic mass is 16.5. The van der Waals surface area contributed by atoms with Crippen molar-refractivity contribution in [2.75, 3.05) is 13.7 Å². The normalized spacial score (nSPS) is 13.1. The van der Waals surface area contributed by atoms with Crippen LogP contribution in [0.2, 0.25) is 0 Å². The van der Waals surface area contributed by atoms with Gasteiger partial charge in [0.15, 0.2) is 0 Å². The predicted octanol–water partition coefficient (Wildman–Crippen LogP) is 1.18. The Hall–Kier alpha value is -0.570. The number of rotatable bonds is 5. The maximum atomic E-state index is 10.8. The monoisotopic (exact) mass is 173 g/mol. The standard InChI is InChI=1S/C9H19NO2/c1-7(2)6-10-8(3)5-9(11)12-4/h7-8,10H,5-6H2,1-4H3/t8-/m1/s1. The van der Waals surface area contributed by atoms with Crippen LogP contribution < -0.4 is 5.32 Å². The second-order valence-electron chi connectivity index (χ2n) is 3.48. The maximum absolute atomic E-state index is 10.8. The summed E-state index contributed by atoms with van der Waals surface area (Å²) in [5.41, 5.74) is 0. The van der Waals surface area contributed by atoms with Gasteiger partial charge in [0.1, 0.15) is 0 Å². The lowest BCUT2D eigenvalue weighted by Gasteiger charge is -2.13. The Morgan fingerprint density at radius 3 is 2.42 bits per heavy atom. The fourth-order valence-corrected chi connectivity index (χ4v) is 0.842. The van der Waals surface area contributed by atoms with Gasteiger partial charge in [-0.2, -0.15) is 0 Å². The molecule has 0 spiro atoms. The quantitative estimate of drug-likeness (QED) is 0.634. The molecule has 0 aromatic heterocycles. The van der Waals surface area contributed by atoms with Gasteiger partial charge >= 0.3 is 5.97 Å². The van der Waals surface area contributed by atoms with E-state index in [-0.39, 0.29) is 12.0 Å². The summed E-state index contributed by atoms with van der Waals surface area (Å²) in [6.45, 7) is 7.20. The van der Waals surface area contributed by atoms with Crippen molar-refractivity contribution in [2.45, 2.75) is 33.2 Å². The van der Waals surface area contributed by atoms with Crippen molar-refractivity contribution >= 4 is 5.97 Å².